The molecule has 0 amide bonds. The Hall–Kier alpha value is -2.86. The van der Waals surface area contributed by atoms with Crippen LogP contribution < -0.4 is 0 Å². The van der Waals surface area contributed by atoms with Crippen molar-refractivity contribution in [2.45, 2.75) is 26.7 Å². The lowest BCUT2D eigenvalue weighted by atomic mass is 9.72. The zero-order chi connectivity index (χ0) is 18.7. The van der Waals surface area contributed by atoms with Gasteiger partial charge in [-0.1, -0.05) is 111 Å². The third-order valence-corrected chi connectivity index (χ3v) is 5.97. The van der Waals surface area contributed by atoms with Gasteiger partial charge in [0.1, 0.15) is 0 Å². The molecule has 0 fully saturated rings. The van der Waals surface area contributed by atoms with Crippen molar-refractivity contribution in [3.8, 4) is 0 Å². The third-order valence-electron chi connectivity index (χ3n) is 5.97. The van der Waals surface area contributed by atoms with Gasteiger partial charge in [-0.05, 0) is 46.2 Å². The normalized spacial score (nSPS) is 18.0. The number of allylic oxidation sites excluding steroid dienone is 2. The lowest BCUT2D eigenvalue weighted by Crippen LogP contribution is -2.17. The first-order chi connectivity index (χ1) is 13.3. The second-order valence-corrected chi connectivity index (χ2v) is 7.27. The van der Waals surface area contributed by atoms with E-state index in [1.54, 1.807) is 0 Å². The van der Waals surface area contributed by atoms with Crippen LogP contribution in [0, 0.1) is 5.41 Å². The average molecular weight is 351 g/mol. The van der Waals surface area contributed by atoms with Crippen LogP contribution in [-0.4, -0.2) is 0 Å². The van der Waals surface area contributed by atoms with E-state index in [0.29, 0.717) is 0 Å². The summed E-state index contributed by atoms with van der Waals surface area (Å²) in [5.74, 6) is 0. The second kappa shape index (κ2) is 7.40. The molecule has 0 spiro atoms. The molecule has 0 heterocycles. The average Bonchev–Trinajstić information content (AvgIpc) is 2.99. The molecule has 0 atom stereocenters. The number of hydrogen-bond donors (Lipinski definition) is 0. The maximum absolute atomic E-state index is 2.40. The highest BCUT2D eigenvalue weighted by Crippen LogP contribution is 2.59. The van der Waals surface area contributed by atoms with Crippen LogP contribution >= 0.6 is 0 Å². The van der Waals surface area contributed by atoms with Gasteiger partial charge < -0.3 is 0 Å². The fraction of sp³-hybridized carbons (Fsp3) is 0.185. The molecule has 3 aromatic rings. The Balaban J connectivity index is 1.97. The van der Waals surface area contributed by atoms with Crippen molar-refractivity contribution >= 4 is 23.3 Å². The minimum Gasteiger partial charge on any atom is -0.0642 e. The highest BCUT2D eigenvalue weighted by atomic mass is 14.5. The molecule has 0 N–H and O–H groups in total. The van der Waals surface area contributed by atoms with Crippen LogP contribution in [0.3, 0.4) is 0 Å². The van der Waals surface area contributed by atoms with Gasteiger partial charge >= 0.3 is 0 Å². The Morgan fingerprint density at radius 1 is 0.556 bits per heavy atom. The van der Waals surface area contributed by atoms with Crippen molar-refractivity contribution in [3.05, 3.63) is 107 Å². The van der Waals surface area contributed by atoms with Crippen LogP contribution in [0.2, 0.25) is 0 Å². The van der Waals surface area contributed by atoms with Gasteiger partial charge in [-0.15, -0.1) is 0 Å². The van der Waals surface area contributed by atoms with Crippen LogP contribution in [0.15, 0.2) is 84.9 Å². The highest BCUT2D eigenvalue weighted by molar-refractivity contribution is 6.07. The lowest BCUT2D eigenvalue weighted by Gasteiger charge is -2.31. The summed E-state index contributed by atoms with van der Waals surface area (Å²) in [4.78, 5) is 0. The van der Waals surface area contributed by atoms with Crippen LogP contribution in [-0.2, 0) is 0 Å². The van der Waals surface area contributed by atoms with Crippen molar-refractivity contribution in [1.82, 2.24) is 0 Å². The molecule has 0 saturated carbocycles. The molecule has 0 unspecified atom stereocenters. The molecule has 0 bridgehead atoms. The first-order valence-corrected chi connectivity index (χ1v) is 9.92. The van der Waals surface area contributed by atoms with Crippen molar-refractivity contribution in [3.63, 3.8) is 0 Å². The SMILES string of the molecule is CCC1(CC)/C(=C/c2ccccc2)c2ccccc2/C1=C\c1ccccc1. The Morgan fingerprint density at radius 3 is 1.30 bits per heavy atom. The lowest BCUT2D eigenvalue weighted by molar-refractivity contribution is 0.506. The molecule has 3 aromatic carbocycles. The van der Waals surface area contributed by atoms with Gasteiger partial charge in [0.15, 0.2) is 0 Å². The van der Waals surface area contributed by atoms with Crippen LogP contribution in [0.4, 0.5) is 0 Å². The predicted molar refractivity (Wildman–Crippen MR) is 118 cm³/mol. The fourth-order valence-corrected chi connectivity index (χ4v) is 4.49. The summed E-state index contributed by atoms with van der Waals surface area (Å²) in [6.45, 7) is 4.65. The quantitative estimate of drug-likeness (QED) is 0.455. The summed E-state index contributed by atoms with van der Waals surface area (Å²) >= 11 is 0. The summed E-state index contributed by atoms with van der Waals surface area (Å²) in [6.07, 6.45) is 6.99. The summed E-state index contributed by atoms with van der Waals surface area (Å²) in [5.41, 5.74) is 8.27. The first kappa shape index (κ1) is 17.5. The van der Waals surface area contributed by atoms with E-state index in [0.717, 1.165) is 12.8 Å². The van der Waals surface area contributed by atoms with E-state index in [-0.39, 0.29) is 5.41 Å². The summed E-state index contributed by atoms with van der Waals surface area (Å²) < 4.78 is 0. The maximum Gasteiger partial charge on any atom is 0.0210 e. The van der Waals surface area contributed by atoms with E-state index in [9.17, 15) is 0 Å². The summed E-state index contributed by atoms with van der Waals surface area (Å²) in [5, 5.41) is 0. The molecular formula is C27H26. The minimum atomic E-state index is 0.0510. The van der Waals surface area contributed by atoms with Gasteiger partial charge in [0.05, 0.1) is 0 Å². The van der Waals surface area contributed by atoms with Crippen molar-refractivity contribution < 1.29 is 0 Å². The topological polar surface area (TPSA) is 0 Å². The number of benzene rings is 3. The molecule has 0 aliphatic heterocycles. The maximum atomic E-state index is 2.40. The number of fused-ring (bicyclic) bond motifs is 1. The summed E-state index contributed by atoms with van der Waals surface area (Å²) in [7, 11) is 0. The molecule has 4 rings (SSSR count). The van der Waals surface area contributed by atoms with Gasteiger partial charge in [-0.2, -0.15) is 0 Å². The molecule has 1 aliphatic rings. The fourth-order valence-electron chi connectivity index (χ4n) is 4.49. The van der Waals surface area contributed by atoms with E-state index in [1.807, 2.05) is 0 Å². The molecular weight excluding hydrogens is 324 g/mol. The standard InChI is InChI=1S/C27H26/c1-3-27(4-2)25(19-21-13-7-5-8-14-21)23-17-11-12-18-24(23)26(27)20-22-15-9-6-10-16-22/h5-20H,3-4H2,1-2H3/b25-19+,26-20+. The monoisotopic (exact) mass is 350 g/mol. The highest BCUT2D eigenvalue weighted by Gasteiger charge is 2.42. The molecule has 1 aliphatic carbocycles. The van der Waals surface area contributed by atoms with E-state index in [2.05, 4.69) is 111 Å². The largest absolute Gasteiger partial charge is 0.0642 e. The molecule has 27 heavy (non-hydrogen) atoms. The van der Waals surface area contributed by atoms with Crippen molar-refractivity contribution in [1.29, 1.82) is 0 Å². The zero-order valence-corrected chi connectivity index (χ0v) is 16.2. The molecule has 134 valence electrons. The third kappa shape index (κ3) is 3.06. The van der Waals surface area contributed by atoms with Crippen LogP contribution in [0.1, 0.15) is 48.9 Å². The van der Waals surface area contributed by atoms with Crippen LogP contribution in [0.25, 0.3) is 23.3 Å². The zero-order valence-electron chi connectivity index (χ0n) is 16.2. The molecule has 0 aromatic heterocycles. The van der Waals surface area contributed by atoms with Gasteiger partial charge in [0, 0.05) is 5.41 Å². The minimum absolute atomic E-state index is 0.0510. The second-order valence-electron chi connectivity index (χ2n) is 7.27. The van der Waals surface area contributed by atoms with Gasteiger partial charge in [0.25, 0.3) is 0 Å². The van der Waals surface area contributed by atoms with E-state index < -0.39 is 0 Å². The van der Waals surface area contributed by atoms with Gasteiger partial charge in [-0.3, -0.25) is 0 Å². The summed E-state index contributed by atoms with van der Waals surface area (Å²) in [6, 6.07) is 30.3. The van der Waals surface area contributed by atoms with Crippen molar-refractivity contribution in [2.75, 3.05) is 0 Å². The van der Waals surface area contributed by atoms with E-state index in [1.165, 1.54) is 33.4 Å². The van der Waals surface area contributed by atoms with Gasteiger partial charge in [0.2, 0.25) is 0 Å². The Labute approximate surface area is 162 Å². The Kier molecular flexibility index (Phi) is 4.81. The molecule has 0 heteroatoms. The number of hydrogen-bond acceptors (Lipinski definition) is 0. The Morgan fingerprint density at radius 2 is 0.926 bits per heavy atom. The van der Waals surface area contributed by atoms with Crippen molar-refractivity contribution in [2.24, 2.45) is 5.41 Å². The smallest absolute Gasteiger partial charge is 0.0210 e. The van der Waals surface area contributed by atoms with E-state index in [4.69, 9.17) is 0 Å². The predicted octanol–water partition coefficient (Wildman–Crippen LogP) is 7.59. The number of rotatable bonds is 4. The van der Waals surface area contributed by atoms with Crippen LogP contribution in [0.5, 0.6) is 0 Å². The molecule has 0 nitrogen and oxygen atoms in total. The van der Waals surface area contributed by atoms with Gasteiger partial charge in [-0.25, -0.2) is 0 Å². The van der Waals surface area contributed by atoms with E-state index >= 15 is 0 Å². The Bertz CT molecular complexity index is 892. The molecule has 0 saturated heterocycles. The first-order valence-electron chi connectivity index (χ1n) is 9.92. The molecule has 0 radical (unpaired) electrons.